The molecule has 1 aromatic heterocycles. The van der Waals surface area contributed by atoms with Crippen LogP contribution >= 0.6 is 11.3 Å². The minimum Gasteiger partial charge on any atom is -0.355 e. The molecule has 6 heteroatoms. The van der Waals surface area contributed by atoms with Crippen LogP contribution in [0.25, 0.3) is 0 Å². The summed E-state index contributed by atoms with van der Waals surface area (Å²) in [6.45, 7) is 2.20. The Bertz CT molecular complexity index is 881. The van der Waals surface area contributed by atoms with Crippen molar-refractivity contribution in [1.82, 2.24) is 15.2 Å². The Morgan fingerprint density at radius 3 is 2.63 bits per heavy atom. The van der Waals surface area contributed by atoms with E-state index in [1.165, 1.54) is 5.56 Å². The van der Waals surface area contributed by atoms with Gasteiger partial charge in [0.25, 0.3) is 0 Å². The summed E-state index contributed by atoms with van der Waals surface area (Å²) in [5.74, 6) is 0.107. The van der Waals surface area contributed by atoms with E-state index in [1.54, 1.807) is 11.3 Å². The fourth-order valence-corrected chi connectivity index (χ4v) is 4.08. The Kier molecular flexibility index (Phi) is 5.46. The topological polar surface area (TPSA) is 57.3 Å². The molecule has 27 heavy (non-hydrogen) atoms. The molecule has 0 unspecified atom stereocenters. The maximum atomic E-state index is 12.1. The molecule has 0 spiro atoms. The second kappa shape index (κ2) is 8.33. The highest BCUT2D eigenvalue weighted by molar-refractivity contribution is 7.13. The third-order valence-electron chi connectivity index (χ3n) is 4.67. The zero-order valence-electron chi connectivity index (χ0n) is 15.0. The largest absolute Gasteiger partial charge is 0.355 e. The number of hydrogen-bond acceptors (Lipinski definition) is 5. The average Bonchev–Trinajstić information content (AvgIpc) is 3.05. The Balaban J connectivity index is 1.50. The van der Waals surface area contributed by atoms with E-state index in [2.05, 4.69) is 33.0 Å². The summed E-state index contributed by atoms with van der Waals surface area (Å²) in [5.41, 5.74) is 3.23. The predicted molar refractivity (Wildman–Crippen MR) is 109 cm³/mol. The molecule has 2 N–H and O–H groups in total. The molecule has 3 aromatic rings. The molecule has 2 heterocycles. The highest BCUT2D eigenvalue weighted by atomic mass is 32.1. The minimum absolute atomic E-state index is 0.0703. The van der Waals surface area contributed by atoms with Crippen LogP contribution in [-0.2, 0) is 11.3 Å². The molecule has 0 bridgehead atoms. The smallest absolute Gasteiger partial charge is 0.221 e. The van der Waals surface area contributed by atoms with Crippen LogP contribution in [0.15, 0.2) is 66.0 Å². The standard InChI is InChI=1S/C21H22N4OS/c26-20-13-19(16-7-3-1-4-8-16)25(12-11-22-20)14-18-15-27-21(24-18)23-17-9-5-2-6-10-17/h1-10,15,19H,11-14H2,(H,22,26)(H,23,24)/t19-/m1/s1. The van der Waals surface area contributed by atoms with E-state index >= 15 is 0 Å². The van der Waals surface area contributed by atoms with E-state index in [4.69, 9.17) is 4.98 Å². The third kappa shape index (κ3) is 4.53. The molecule has 1 aliphatic heterocycles. The maximum absolute atomic E-state index is 12.1. The summed E-state index contributed by atoms with van der Waals surface area (Å²) in [6.07, 6.45) is 0.475. The van der Waals surface area contributed by atoms with E-state index in [-0.39, 0.29) is 11.9 Å². The van der Waals surface area contributed by atoms with Gasteiger partial charge in [0.2, 0.25) is 5.91 Å². The highest BCUT2D eigenvalue weighted by Crippen LogP contribution is 2.28. The van der Waals surface area contributed by atoms with Crippen LogP contribution in [0.3, 0.4) is 0 Å². The van der Waals surface area contributed by atoms with Gasteiger partial charge < -0.3 is 10.6 Å². The molecule has 1 amide bonds. The number of aromatic nitrogens is 1. The van der Waals surface area contributed by atoms with Crippen molar-refractivity contribution in [2.24, 2.45) is 0 Å². The average molecular weight is 379 g/mol. The predicted octanol–water partition coefficient (Wildman–Crippen LogP) is 3.95. The van der Waals surface area contributed by atoms with Gasteiger partial charge in [0.05, 0.1) is 5.69 Å². The van der Waals surface area contributed by atoms with Crippen LogP contribution in [0.5, 0.6) is 0 Å². The van der Waals surface area contributed by atoms with E-state index < -0.39 is 0 Å². The van der Waals surface area contributed by atoms with Gasteiger partial charge in [-0.2, -0.15) is 0 Å². The zero-order chi connectivity index (χ0) is 18.5. The molecule has 4 rings (SSSR count). The summed E-state index contributed by atoms with van der Waals surface area (Å²) in [6, 6.07) is 20.4. The molecule has 0 radical (unpaired) electrons. The lowest BCUT2D eigenvalue weighted by atomic mass is 10.0. The molecule has 1 atom stereocenters. The van der Waals surface area contributed by atoms with Crippen molar-refractivity contribution in [2.45, 2.75) is 19.0 Å². The van der Waals surface area contributed by atoms with Gasteiger partial charge in [-0.15, -0.1) is 11.3 Å². The van der Waals surface area contributed by atoms with E-state index in [1.807, 2.05) is 48.5 Å². The molecule has 1 fully saturated rings. The Morgan fingerprint density at radius 2 is 1.85 bits per heavy atom. The van der Waals surface area contributed by atoms with Crippen LogP contribution < -0.4 is 10.6 Å². The van der Waals surface area contributed by atoms with Gasteiger partial charge in [-0.1, -0.05) is 48.5 Å². The van der Waals surface area contributed by atoms with Crippen LogP contribution in [0.2, 0.25) is 0 Å². The lowest BCUT2D eigenvalue weighted by molar-refractivity contribution is -0.121. The zero-order valence-corrected chi connectivity index (χ0v) is 15.8. The SMILES string of the molecule is O=C1C[C@H](c2ccccc2)N(Cc2csc(Nc3ccccc3)n2)CCN1. The van der Waals surface area contributed by atoms with Gasteiger partial charge in [-0.05, 0) is 17.7 Å². The van der Waals surface area contributed by atoms with Crippen LogP contribution in [-0.4, -0.2) is 28.9 Å². The van der Waals surface area contributed by atoms with Crippen molar-refractivity contribution in [1.29, 1.82) is 0 Å². The monoisotopic (exact) mass is 378 g/mol. The Morgan fingerprint density at radius 1 is 1.11 bits per heavy atom. The maximum Gasteiger partial charge on any atom is 0.221 e. The molecular formula is C21H22N4OS. The van der Waals surface area contributed by atoms with Gasteiger partial charge in [0.1, 0.15) is 0 Å². The number of carbonyl (C=O) groups is 1. The first-order chi connectivity index (χ1) is 13.3. The van der Waals surface area contributed by atoms with E-state index in [0.717, 1.165) is 29.6 Å². The number of thiazole rings is 1. The number of amides is 1. The van der Waals surface area contributed by atoms with Crippen molar-refractivity contribution < 1.29 is 4.79 Å². The van der Waals surface area contributed by atoms with Crippen molar-refractivity contribution in [2.75, 3.05) is 18.4 Å². The van der Waals surface area contributed by atoms with Gasteiger partial charge in [0, 0.05) is 43.2 Å². The summed E-state index contributed by atoms with van der Waals surface area (Å²) < 4.78 is 0. The lowest BCUT2D eigenvalue weighted by Gasteiger charge is -2.28. The molecule has 1 saturated heterocycles. The Labute approximate surface area is 163 Å². The third-order valence-corrected chi connectivity index (χ3v) is 5.47. The van der Waals surface area contributed by atoms with Gasteiger partial charge >= 0.3 is 0 Å². The number of benzene rings is 2. The summed E-state index contributed by atoms with van der Waals surface area (Å²) >= 11 is 1.60. The molecule has 0 aliphatic carbocycles. The lowest BCUT2D eigenvalue weighted by Crippen LogP contribution is -2.30. The number of rotatable bonds is 5. The van der Waals surface area contributed by atoms with Crippen LogP contribution in [0.1, 0.15) is 23.7 Å². The van der Waals surface area contributed by atoms with Crippen molar-refractivity contribution >= 4 is 28.1 Å². The molecular weight excluding hydrogens is 356 g/mol. The second-order valence-electron chi connectivity index (χ2n) is 6.59. The van der Waals surface area contributed by atoms with E-state index in [9.17, 15) is 4.79 Å². The fourth-order valence-electron chi connectivity index (χ4n) is 3.35. The number of hydrogen-bond donors (Lipinski definition) is 2. The number of nitrogens with zero attached hydrogens (tertiary/aromatic N) is 2. The van der Waals surface area contributed by atoms with Gasteiger partial charge in [-0.3, -0.25) is 9.69 Å². The molecule has 5 nitrogen and oxygen atoms in total. The number of para-hydroxylation sites is 1. The summed E-state index contributed by atoms with van der Waals surface area (Å²) in [4.78, 5) is 19.2. The number of anilines is 2. The highest BCUT2D eigenvalue weighted by Gasteiger charge is 2.26. The molecule has 1 aliphatic rings. The summed E-state index contributed by atoms with van der Waals surface area (Å²) in [7, 11) is 0. The first kappa shape index (κ1) is 17.7. The minimum atomic E-state index is 0.0703. The second-order valence-corrected chi connectivity index (χ2v) is 7.44. The molecule has 2 aromatic carbocycles. The van der Waals surface area contributed by atoms with Crippen LogP contribution in [0, 0.1) is 0 Å². The first-order valence-corrected chi connectivity index (χ1v) is 9.98. The fraction of sp³-hybridized carbons (Fsp3) is 0.238. The Hall–Kier alpha value is -2.70. The normalized spacial score (nSPS) is 17.9. The quantitative estimate of drug-likeness (QED) is 0.706. The van der Waals surface area contributed by atoms with Gasteiger partial charge in [0.15, 0.2) is 5.13 Å². The first-order valence-electron chi connectivity index (χ1n) is 9.10. The van der Waals surface area contributed by atoms with Crippen LogP contribution in [0.4, 0.5) is 10.8 Å². The number of carbonyl (C=O) groups excluding carboxylic acids is 1. The van der Waals surface area contributed by atoms with Crippen molar-refractivity contribution in [3.63, 3.8) is 0 Å². The molecule has 0 saturated carbocycles. The van der Waals surface area contributed by atoms with Crippen molar-refractivity contribution in [3.05, 3.63) is 77.3 Å². The van der Waals surface area contributed by atoms with Crippen molar-refractivity contribution in [3.8, 4) is 0 Å². The number of nitrogens with one attached hydrogen (secondary N) is 2. The van der Waals surface area contributed by atoms with Gasteiger partial charge in [-0.25, -0.2) is 4.98 Å². The van der Waals surface area contributed by atoms with E-state index in [0.29, 0.717) is 13.0 Å². The molecule has 138 valence electrons. The summed E-state index contributed by atoms with van der Waals surface area (Å²) in [5, 5.41) is 9.31.